The maximum Gasteiger partial charge on any atom is 0.411 e. The Hall–Kier alpha value is -3.27. The second kappa shape index (κ2) is 10.4. The highest BCUT2D eigenvalue weighted by Crippen LogP contribution is 2.34. The largest absolute Gasteiger partial charge is 0.493 e. The van der Waals surface area contributed by atoms with E-state index in [4.69, 9.17) is 14.2 Å². The van der Waals surface area contributed by atoms with E-state index in [0.717, 1.165) is 12.8 Å². The number of carbonyl (C=O) groups is 2. The summed E-state index contributed by atoms with van der Waals surface area (Å²) in [5.41, 5.74) is 0.425. The summed E-state index contributed by atoms with van der Waals surface area (Å²) in [6.45, 7) is 0.925. The third-order valence-electron chi connectivity index (χ3n) is 5.07. The summed E-state index contributed by atoms with van der Waals surface area (Å²) in [7, 11) is -0.688. The lowest BCUT2D eigenvalue weighted by Crippen LogP contribution is -2.29. The Kier molecular flexibility index (Phi) is 7.57. The van der Waals surface area contributed by atoms with Crippen molar-refractivity contribution in [1.29, 1.82) is 0 Å². The van der Waals surface area contributed by atoms with E-state index in [1.807, 2.05) is 0 Å². The van der Waals surface area contributed by atoms with E-state index >= 15 is 0 Å². The number of amides is 2. The number of rotatable bonds is 8. The molecule has 9 nitrogen and oxygen atoms in total. The minimum atomic E-state index is -3.58. The number of nitrogens with one attached hydrogen (secondary N) is 1. The topological polar surface area (TPSA) is 111 Å². The average molecular weight is 463 g/mol. The third-order valence-corrected chi connectivity index (χ3v) is 6.77. The molecule has 1 heterocycles. The van der Waals surface area contributed by atoms with Gasteiger partial charge >= 0.3 is 6.09 Å². The minimum Gasteiger partial charge on any atom is -0.493 e. The monoisotopic (exact) mass is 462 g/mol. The molecular weight excluding hydrogens is 436 g/mol. The summed E-state index contributed by atoms with van der Waals surface area (Å²) in [4.78, 5) is 27.2. The van der Waals surface area contributed by atoms with Crippen LogP contribution >= 0.6 is 0 Å². The zero-order valence-electron chi connectivity index (χ0n) is 18.0. The van der Waals surface area contributed by atoms with Gasteiger partial charge in [0.05, 0.1) is 36.1 Å². The highest BCUT2D eigenvalue weighted by molar-refractivity contribution is 7.91. The molecule has 0 bridgehead atoms. The standard InChI is InChI=1S/C22H26N2O7S/c1-29-19-14-17(21(25)24-10-6-7-11-24)18(15-20(19)30-2)23-22(26)31-12-13-32(27,28)16-8-4-3-5-9-16/h3-5,8-9,14-15H,6-7,10-13H2,1-2H3,(H,23,26). The van der Waals surface area contributed by atoms with Crippen molar-refractivity contribution >= 4 is 27.5 Å². The van der Waals surface area contributed by atoms with Gasteiger partial charge in [-0.2, -0.15) is 0 Å². The molecule has 0 saturated carbocycles. The summed E-state index contributed by atoms with van der Waals surface area (Å²) >= 11 is 0. The fraction of sp³-hybridized carbons (Fsp3) is 0.364. The number of carbonyl (C=O) groups excluding carboxylic acids is 2. The summed E-state index contributed by atoms with van der Waals surface area (Å²) in [5.74, 6) is 0.0661. The molecule has 1 saturated heterocycles. The maximum atomic E-state index is 13.0. The van der Waals surface area contributed by atoms with Crippen LogP contribution in [0.4, 0.5) is 10.5 Å². The van der Waals surface area contributed by atoms with Crippen molar-refractivity contribution in [1.82, 2.24) is 4.90 Å². The van der Waals surface area contributed by atoms with Gasteiger partial charge in [0.25, 0.3) is 5.91 Å². The van der Waals surface area contributed by atoms with E-state index in [0.29, 0.717) is 24.6 Å². The number of ether oxygens (including phenoxy) is 3. The number of methoxy groups -OCH3 is 2. The van der Waals surface area contributed by atoms with Crippen LogP contribution in [-0.2, 0) is 14.6 Å². The highest BCUT2D eigenvalue weighted by Gasteiger charge is 2.25. The van der Waals surface area contributed by atoms with Gasteiger partial charge in [0.1, 0.15) is 6.61 Å². The molecule has 1 N–H and O–H groups in total. The van der Waals surface area contributed by atoms with Gasteiger partial charge in [-0.3, -0.25) is 10.1 Å². The summed E-state index contributed by atoms with van der Waals surface area (Å²) < 4.78 is 40.3. The van der Waals surface area contributed by atoms with E-state index in [2.05, 4.69) is 5.32 Å². The summed E-state index contributed by atoms with van der Waals surface area (Å²) in [6.07, 6.45) is 0.954. The van der Waals surface area contributed by atoms with Gasteiger partial charge in [0, 0.05) is 19.2 Å². The third kappa shape index (κ3) is 5.50. The molecular formula is C22H26N2O7S. The first-order valence-electron chi connectivity index (χ1n) is 10.1. The number of anilines is 1. The van der Waals surface area contributed by atoms with Crippen molar-refractivity contribution in [3.05, 3.63) is 48.0 Å². The zero-order valence-corrected chi connectivity index (χ0v) is 18.8. The lowest BCUT2D eigenvalue weighted by atomic mass is 10.1. The van der Waals surface area contributed by atoms with Crippen molar-refractivity contribution in [2.75, 3.05) is 45.0 Å². The number of benzene rings is 2. The van der Waals surface area contributed by atoms with Gasteiger partial charge in [-0.25, -0.2) is 13.2 Å². The van der Waals surface area contributed by atoms with Gasteiger partial charge in [-0.05, 0) is 31.0 Å². The Morgan fingerprint density at radius 2 is 1.62 bits per heavy atom. The molecule has 32 heavy (non-hydrogen) atoms. The van der Waals surface area contributed by atoms with Crippen LogP contribution in [0.15, 0.2) is 47.4 Å². The minimum absolute atomic E-state index is 0.155. The normalized spacial score (nSPS) is 13.5. The highest BCUT2D eigenvalue weighted by atomic mass is 32.2. The number of hydrogen-bond donors (Lipinski definition) is 1. The Morgan fingerprint density at radius 1 is 1.00 bits per heavy atom. The number of sulfone groups is 1. The molecule has 3 rings (SSSR count). The SMILES string of the molecule is COc1cc(NC(=O)OCCS(=O)(=O)c2ccccc2)c(C(=O)N2CCCC2)cc1OC. The first kappa shape index (κ1) is 23.4. The fourth-order valence-electron chi connectivity index (χ4n) is 3.39. The molecule has 0 spiro atoms. The predicted molar refractivity (Wildman–Crippen MR) is 118 cm³/mol. The fourth-order valence-corrected chi connectivity index (χ4v) is 4.50. The molecule has 0 atom stereocenters. The molecule has 1 aliphatic heterocycles. The lowest BCUT2D eigenvalue weighted by Gasteiger charge is -2.20. The number of hydrogen-bond acceptors (Lipinski definition) is 7. The molecule has 2 amide bonds. The van der Waals surface area contributed by atoms with Crippen molar-refractivity contribution in [3.8, 4) is 11.5 Å². The molecule has 1 fully saturated rings. The van der Waals surface area contributed by atoms with Gasteiger partial charge < -0.3 is 19.1 Å². The molecule has 2 aromatic carbocycles. The molecule has 0 aliphatic carbocycles. The Labute approximate surface area is 187 Å². The van der Waals surface area contributed by atoms with Crippen molar-refractivity contribution in [2.45, 2.75) is 17.7 Å². The Morgan fingerprint density at radius 3 is 2.25 bits per heavy atom. The molecule has 172 valence electrons. The Balaban J connectivity index is 1.72. The van der Waals surface area contributed by atoms with E-state index in [-0.39, 0.29) is 34.4 Å². The molecule has 0 unspecified atom stereocenters. The number of likely N-dealkylation sites (tertiary alicyclic amines) is 1. The van der Waals surface area contributed by atoms with Crippen molar-refractivity contribution < 1.29 is 32.2 Å². The van der Waals surface area contributed by atoms with Crippen LogP contribution in [0.25, 0.3) is 0 Å². The average Bonchev–Trinajstić information content (AvgIpc) is 3.34. The van der Waals surface area contributed by atoms with Crippen molar-refractivity contribution in [2.24, 2.45) is 0 Å². The lowest BCUT2D eigenvalue weighted by molar-refractivity contribution is 0.0793. The van der Waals surface area contributed by atoms with Gasteiger partial charge in [0.15, 0.2) is 21.3 Å². The van der Waals surface area contributed by atoms with E-state index < -0.39 is 15.9 Å². The molecule has 0 radical (unpaired) electrons. The van der Waals surface area contributed by atoms with Crippen LogP contribution in [0.2, 0.25) is 0 Å². The van der Waals surface area contributed by atoms with E-state index in [1.165, 1.54) is 38.5 Å². The molecule has 10 heteroatoms. The van der Waals surface area contributed by atoms with Crippen LogP contribution in [-0.4, -0.2) is 65.0 Å². The second-order valence-corrected chi connectivity index (χ2v) is 9.25. The molecule has 0 aromatic heterocycles. The number of nitrogens with zero attached hydrogens (tertiary/aromatic N) is 1. The first-order valence-corrected chi connectivity index (χ1v) is 11.8. The zero-order chi connectivity index (χ0) is 23.1. The quantitative estimate of drug-likeness (QED) is 0.642. The van der Waals surface area contributed by atoms with Crippen LogP contribution < -0.4 is 14.8 Å². The van der Waals surface area contributed by atoms with Crippen LogP contribution in [0.3, 0.4) is 0 Å². The van der Waals surface area contributed by atoms with Crippen molar-refractivity contribution in [3.63, 3.8) is 0 Å². The van der Waals surface area contributed by atoms with Crippen LogP contribution in [0.1, 0.15) is 23.2 Å². The summed E-state index contributed by atoms with van der Waals surface area (Å²) in [6, 6.07) is 10.9. The maximum absolute atomic E-state index is 13.0. The summed E-state index contributed by atoms with van der Waals surface area (Å²) in [5, 5.41) is 2.53. The van der Waals surface area contributed by atoms with E-state index in [1.54, 1.807) is 23.1 Å². The Bertz CT molecular complexity index is 1070. The molecule has 2 aromatic rings. The van der Waals surface area contributed by atoms with Gasteiger partial charge in [0.2, 0.25) is 0 Å². The van der Waals surface area contributed by atoms with Crippen LogP contribution in [0, 0.1) is 0 Å². The first-order chi connectivity index (χ1) is 15.4. The van der Waals surface area contributed by atoms with Gasteiger partial charge in [-0.15, -0.1) is 0 Å². The predicted octanol–water partition coefficient (Wildman–Crippen LogP) is 2.96. The van der Waals surface area contributed by atoms with E-state index in [9.17, 15) is 18.0 Å². The molecule has 1 aliphatic rings. The van der Waals surface area contributed by atoms with Crippen LogP contribution in [0.5, 0.6) is 11.5 Å². The second-order valence-electron chi connectivity index (χ2n) is 7.14. The smallest absolute Gasteiger partial charge is 0.411 e. The van der Waals surface area contributed by atoms with Gasteiger partial charge in [-0.1, -0.05) is 18.2 Å².